The molecule has 0 saturated carbocycles. The summed E-state index contributed by atoms with van der Waals surface area (Å²) < 4.78 is 10.8. The highest BCUT2D eigenvalue weighted by Crippen LogP contribution is 2.16. The van der Waals surface area contributed by atoms with E-state index in [1.807, 2.05) is 0 Å². The fourth-order valence-electron chi connectivity index (χ4n) is 6.90. The van der Waals surface area contributed by atoms with Crippen LogP contribution < -0.4 is 0 Å². The van der Waals surface area contributed by atoms with Crippen molar-refractivity contribution in [1.82, 2.24) is 0 Å². The lowest BCUT2D eigenvalue weighted by molar-refractivity contribution is -0.154. The predicted octanol–water partition coefficient (Wildman–Crippen LogP) is 15.2. The van der Waals surface area contributed by atoms with Crippen molar-refractivity contribution >= 4 is 11.9 Å². The van der Waals surface area contributed by atoms with Crippen molar-refractivity contribution in [3.05, 3.63) is 0 Å². The maximum atomic E-state index is 12.3. The lowest BCUT2D eigenvalue weighted by atomic mass is 10.0. The van der Waals surface area contributed by atoms with Crippen molar-refractivity contribution in [2.75, 3.05) is 13.2 Å². The molecule has 0 aliphatic carbocycles. The van der Waals surface area contributed by atoms with E-state index in [0.29, 0.717) is 13.2 Å². The van der Waals surface area contributed by atoms with Gasteiger partial charge in [0.05, 0.1) is 25.6 Å². The highest BCUT2D eigenvalue weighted by Gasteiger charge is 2.19. The standard InChI is InChI=1S/C45H88O4/c1-4-6-8-10-12-14-16-18-20-22-24-26-28-30-32-34-36-38-40-48-44(46)42-43(3)45(47)49-41-39-37-35-33-31-29-27-25-23-21-19-17-15-13-11-9-7-5-2/h43H,4-42H2,1-3H3. The van der Waals surface area contributed by atoms with Crippen LogP contribution in [-0.4, -0.2) is 25.2 Å². The molecule has 0 heterocycles. The van der Waals surface area contributed by atoms with Gasteiger partial charge in [0.2, 0.25) is 0 Å². The number of ether oxygens (including phenoxy) is 2. The van der Waals surface area contributed by atoms with E-state index in [-0.39, 0.29) is 18.4 Å². The molecule has 0 aromatic rings. The van der Waals surface area contributed by atoms with Crippen LogP contribution in [-0.2, 0) is 19.1 Å². The maximum Gasteiger partial charge on any atom is 0.309 e. The summed E-state index contributed by atoms with van der Waals surface area (Å²) in [6.45, 7) is 7.29. The van der Waals surface area contributed by atoms with Crippen LogP contribution in [0.2, 0.25) is 0 Å². The van der Waals surface area contributed by atoms with Crippen molar-refractivity contribution in [3.8, 4) is 0 Å². The van der Waals surface area contributed by atoms with Gasteiger partial charge in [-0.1, -0.05) is 239 Å². The molecule has 0 amide bonds. The first-order chi connectivity index (χ1) is 24.1. The van der Waals surface area contributed by atoms with Gasteiger partial charge in [-0.3, -0.25) is 9.59 Å². The van der Waals surface area contributed by atoms with Gasteiger partial charge < -0.3 is 9.47 Å². The Balaban J connectivity index is 3.36. The molecule has 0 saturated heterocycles. The molecule has 1 atom stereocenters. The van der Waals surface area contributed by atoms with Crippen LogP contribution in [0.5, 0.6) is 0 Å². The smallest absolute Gasteiger partial charge is 0.309 e. The van der Waals surface area contributed by atoms with E-state index in [9.17, 15) is 9.59 Å². The number of esters is 2. The quantitative estimate of drug-likeness (QED) is 0.0473. The van der Waals surface area contributed by atoms with Gasteiger partial charge in [0.15, 0.2) is 0 Å². The molecular weight excluding hydrogens is 604 g/mol. The molecule has 4 heteroatoms. The van der Waals surface area contributed by atoms with Crippen LogP contribution in [0.4, 0.5) is 0 Å². The summed E-state index contributed by atoms with van der Waals surface area (Å²) in [5, 5.41) is 0. The Hall–Kier alpha value is -1.06. The van der Waals surface area contributed by atoms with Crippen LogP contribution in [0.3, 0.4) is 0 Å². The molecule has 0 spiro atoms. The van der Waals surface area contributed by atoms with Crippen molar-refractivity contribution in [3.63, 3.8) is 0 Å². The van der Waals surface area contributed by atoms with Gasteiger partial charge in [0.25, 0.3) is 0 Å². The molecule has 0 radical (unpaired) electrons. The Morgan fingerprint density at radius 2 is 0.571 bits per heavy atom. The van der Waals surface area contributed by atoms with Gasteiger partial charge in [-0.25, -0.2) is 0 Å². The lowest BCUT2D eigenvalue weighted by Gasteiger charge is -2.11. The van der Waals surface area contributed by atoms with Gasteiger partial charge >= 0.3 is 11.9 Å². The minimum absolute atomic E-state index is 0.122. The molecule has 0 aromatic heterocycles. The van der Waals surface area contributed by atoms with Gasteiger partial charge in [0.1, 0.15) is 0 Å². The molecule has 49 heavy (non-hydrogen) atoms. The fourth-order valence-corrected chi connectivity index (χ4v) is 6.90. The largest absolute Gasteiger partial charge is 0.466 e. The molecule has 0 N–H and O–H groups in total. The maximum absolute atomic E-state index is 12.3. The number of unbranched alkanes of at least 4 members (excludes halogenated alkanes) is 34. The van der Waals surface area contributed by atoms with Gasteiger partial charge in [-0.2, -0.15) is 0 Å². The topological polar surface area (TPSA) is 52.6 Å². The van der Waals surface area contributed by atoms with Gasteiger partial charge in [-0.05, 0) is 12.8 Å². The Labute approximate surface area is 307 Å². The monoisotopic (exact) mass is 693 g/mol. The zero-order valence-electron chi connectivity index (χ0n) is 33.8. The summed E-state index contributed by atoms with van der Waals surface area (Å²) in [5.74, 6) is -0.968. The molecule has 4 nitrogen and oxygen atoms in total. The summed E-state index contributed by atoms with van der Waals surface area (Å²) in [7, 11) is 0. The Morgan fingerprint density at radius 1 is 0.347 bits per heavy atom. The minimum atomic E-state index is -0.427. The van der Waals surface area contributed by atoms with E-state index in [4.69, 9.17) is 9.47 Å². The van der Waals surface area contributed by atoms with Crippen LogP contribution in [0.15, 0.2) is 0 Å². The van der Waals surface area contributed by atoms with Gasteiger partial charge in [-0.15, -0.1) is 0 Å². The van der Waals surface area contributed by atoms with E-state index in [0.717, 1.165) is 25.7 Å². The predicted molar refractivity (Wildman–Crippen MR) is 213 cm³/mol. The first-order valence-corrected chi connectivity index (χ1v) is 22.4. The van der Waals surface area contributed by atoms with E-state index < -0.39 is 5.92 Å². The van der Waals surface area contributed by atoms with Crippen LogP contribution in [0.25, 0.3) is 0 Å². The van der Waals surface area contributed by atoms with E-state index >= 15 is 0 Å². The zero-order valence-corrected chi connectivity index (χ0v) is 33.8. The fraction of sp³-hybridized carbons (Fsp3) is 0.956. The summed E-state index contributed by atoms with van der Waals surface area (Å²) >= 11 is 0. The Kier molecular flexibility index (Phi) is 40.5. The van der Waals surface area contributed by atoms with E-state index in [2.05, 4.69) is 13.8 Å². The molecule has 292 valence electrons. The van der Waals surface area contributed by atoms with Crippen LogP contribution in [0.1, 0.15) is 258 Å². The number of rotatable bonds is 41. The molecule has 1 unspecified atom stereocenters. The Morgan fingerprint density at radius 3 is 0.837 bits per heavy atom. The third-order valence-corrected chi connectivity index (χ3v) is 10.4. The number of hydrogen-bond acceptors (Lipinski definition) is 4. The zero-order chi connectivity index (χ0) is 35.7. The number of hydrogen-bond donors (Lipinski definition) is 0. The molecular formula is C45H88O4. The molecule has 0 bridgehead atoms. The summed E-state index contributed by atoms with van der Waals surface area (Å²) in [6, 6.07) is 0. The van der Waals surface area contributed by atoms with Crippen LogP contribution >= 0.6 is 0 Å². The SMILES string of the molecule is CCCCCCCCCCCCCCCCCCCCOC(=O)CC(C)C(=O)OCCCCCCCCCCCCCCCCCCCC. The average molecular weight is 693 g/mol. The highest BCUT2D eigenvalue weighted by molar-refractivity contribution is 5.79. The summed E-state index contributed by atoms with van der Waals surface area (Å²) in [4.78, 5) is 24.4. The molecule has 0 rings (SSSR count). The third-order valence-electron chi connectivity index (χ3n) is 10.4. The first kappa shape index (κ1) is 47.9. The second-order valence-electron chi connectivity index (χ2n) is 15.5. The molecule has 0 aliphatic heterocycles. The number of carbonyl (C=O) groups excluding carboxylic acids is 2. The van der Waals surface area contributed by atoms with Gasteiger partial charge in [0, 0.05) is 0 Å². The van der Waals surface area contributed by atoms with Crippen LogP contribution in [0, 0.1) is 5.92 Å². The van der Waals surface area contributed by atoms with Crippen molar-refractivity contribution < 1.29 is 19.1 Å². The minimum Gasteiger partial charge on any atom is -0.466 e. The second-order valence-corrected chi connectivity index (χ2v) is 15.5. The molecule has 0 aliphatic rings. The van der Waals surface area contributed by atoms with E-state index in [1.165, 1.54) is 205 Å². The first-order valence-electron chi connectivity index (χ1n) is 22.4. The number of carbonyl (C=O) groups is 2. The van der Waals surface area contributed by atoms with E-state index in [1.54, 1.807) is 6.92 Å². The average Bonchev–Trinajstić information content (AvgIpc) is 3.10. The Bertz CT molecular complexity index is 662. The molecule has 0 aromatic carbocycles. The summed E-state index contributed by atoms with van der Waals surface area (Å²) in [5.41, 5.74) is 0. The second kappa shape index (κ2) is 41.4. The van der Waals surface area contributed by atoms with Crippen molar-refractivity contribution in [1.29, 1.82) is 0 Å². The third kappa shape index (κ3) is 39.6. The van der Waals surface area contributed by atoms with Crippen molar-refractivity contribution in [2.24, 2.45) is 5.92 Å². The normalized spacial score (nSPS) is 12.0. The highest BCUT2D eigenvalue weighted by atomic mass is 16.5. The summed E-state index contributed by atoms with van der Waals surface area (Å²) in [6.07, 6.45) is 48.6. The lowest BCUT2D eigenvalue weighted by Crippen LogP contribution is -2.20. The van der Waals surface area contributed by atoms with Crippen molar-refractivity contribution in [2.45, 2.75) is 258 Å². The molecule has 0 fully saturated rings.